The first-order valence-corrected chi connectivity index (χ1v) is 9.95. The monoisotopic (exact) mass is 431 g/mol. The van der Waals surface area contributed by atoms with Crippen molar-refractivity contribution in [3.8, 4) is 5.75 Å². The van der Waals surface area contributed by atoms with Crippen molar-refractivity contribution in [3.05, 3.63) is 54.1 Å². The number of nitrogens with one attached hydrogen (secondary N) is 3. The fourth-order valence-electron chi connectivity index (χ4n) is 2.22. The molecule has 0 saturated heterocycles. The van der Waals surface area contributed by atoms with E-state index in [1.165, 1.54) is 0 Å². The third-order valence-corrected chi connectivity index (χ3v) is 4.88. The highest BCUT2D eigenvalue weighted by molar-refractivity contribution is 7.89. The second kappa shape index (κ2) is 9.14. The van der Waals surface area contributed by atoms with E-state index in [-0.39, 0.29) is 23.5 Å². The molecule has 0 aromatic heterocycles. The van der Waals surface area contributed by atoms with Gasteiger partial charge < -0.3 is 15.4 Å². The summed E-state index contributed by atoms with van der Waals surface area (Å²) in [4.78, 5) is 11.4. The second-order valence-corrected chi connectivity index (χ2v) is 8.06. The molecule has 0 unspecified atom stereocenters. The van der Waals surface area contributed by atoms with E-state index in [0.717, 1.165) is 24.3 Å². The standard InChI is InChI=1S/C18H20F3N3O4S/c1-12(2)23-17(25)24-14-5-3-13(4-6-14)11-22-29(26,27)16-9-7-15(8-10-16)28-18(19,20)21/h3-10,12,22H,11H2,1-2H3,(H2,23,24,25). The largest absolute Gasteiger partial charge is 0.573 e. The number of benzene rings is 2. The molecule has 7 nitrogen and oxygen atoms in total. The van der Waals surface area contributed by atoms with Crippen molar-refractivity contribution in [3.63, 3.8) is 0 Å². The van der Waals surface area contributed by atoms with Crippen LogP contribution in [0.15, 0.2) is 53.4 Å². The molecule has 158 valence electrons. The van der Waals surface area contributed by atoms with Gasteiger partial charge in [-0.3, -0.25) is 0 Å². The van der Waals surface area contributed by atoms with Crippen molar-refractivity contribution in [2.45, 2.75) is 37.7 Å². The molecule has 0 bridgehead atoms. The zero-order valence-corrected chi connectivity index (χ0v) is 16.4. The van der Waals surface area contributed by atoms with Crippen LogP contribution in [0.3, 0.4) is 0 Å². The number of carbonyl (C=O) groups is 1. The first kappa shape index (κ1) is 22.5. The zero-order chi connectivity index (χ0) is 21.7. The average Bonchev–Trinajstić information content (AvgIpc) is 2.59. The van der Waals surface area contributed by atoms with E-state index in [1.807, 2.05) is 13.8 Å². The van der Waals surface area contributed by atoms with Gasteiger partial charge in [0.05, 0.1) is 4.90 Å². The lowest BCUT2D eigenvalue weighted by atomic mass is 10.2. The van der Waals surface area contributed by atoms with Crippen molar-refractivity contribution in [1.82, 2.24) is 10.0 Å². The average molecular weight is 431 g/mol. The van der Waals surface area contributed by atoms with Crippen molar-refractivity contribution < 1.29 is 31.1 Å². The Labute approximate surface area is 166 Å². The summed E-state index contributed by atoms with van der Waals surface area (Å²) in [5.74, 6) is -0.513. The number of hydrogen-bond acceptors (Lipinski definition) is 4. The maximum absolute atomic E-state index is 12.3. The predicted molar refractivity (Wildman–Crippen MR) is 101 cm³/mol. The summed E-state index contributed by atoms with van der Waals surface area (Å²) < 4.78 is 67.1. The van der Waals surface area contributed by atoms with Crippen LogP contribution in [0.2, 0.25) is 0 Å². The number of amides is 2. The van der Waals surface area contributed by atoms with Gasteiger partial charge in [-0.15, -0.1) is 13.2 Å². The Kier molecular flexibility index (Phi) is 7.09. The quantitative estimate of drug-likeness (QED) is 0.624. The lowest BCUT2D eigenvalue weighted by Crippen LogP contribution is -2.34. The number of ether oxygens (including phenoxy) is 1. The molecule has 2 aromatic carbocycles. The van der Waals surface area contributed by atoms with E-state index in [1.54, 1.807) is 24.3 Å². The lowest BCUT2D eigenvalue weighted by molar-refractivity contribution is -0.274. The van der Waals surface area contributed by atoms with Crippen molar-refractivity contribution in [2.75, 3.05) is 5.32 Å². The predicted octanol–water partition coefficient (Wildman–Crippen LogP) is 3.59. The van der Waals surface area contributed by atoms with Crippen molar-refractivity contribution in [2.24, 2.45) is 0 Å². The van der Waals surface area contributed by atoms with Crippen molar-refractivity contribution >= 4 is 21.7 Å². The summed E-state index contributed by atoms with van der Waals surface area (Å²) in [5, 5.41) is 5.31. The summed E-state index contributed by atoms with van der Waals surface area (Å²) in [6.07, 6.45) is -4.85. The van der Waals surface area contributed by atoms with E-state index in [0.29, 0.717) is 11.3 Å². The van der Waals surface area contributed by atoms with Gasteiger partial charge in [0.2, 0.25) is 10.0 Å². The van der Waals surface area contributed by atoms with Gasteiger partial charge in [0.25, 0.3) is 0 Å². The van der Waals surface area contributed by atoms with Gasteiger partial charge in [0, 0.05) is 18.3 Å². The molecule has 11 heteroatoms. The molecule has 3 N–H and O–H groups in total. The van der Waals surface area contributed by atoms with Gasteiger partial charge in [-0.05, 0) is 55.8 Å². The summed E-state index contributed by atoms with van der Waals surface area (Å²) in [6, 6.07) is 10.0. The normalized spacial score (nSPS) is 11.9. The molecular formula is C18H20F3N3O4S. The Hall–Kier alpha value is -2.79. The van der Waals surface area contributed by atoms with Gasteiger partial charge in [-0.1, -0.05) is 12.1 Å². The number of carbonyl (C=O) groups excluding carboxylic acids is 1. The van der Waals surface area contributed by atoms with Crippen LogP contribution in [0.5, 0.6) is 5.75 Å². The molecule has 0 aliphatic rings. The summed E-state index contributed by atoms with van der Waals surface area (Å²) >= 11 is 0. The first-order valence-electron chi connectivity index (χ1n) is 8.46. The summed E-state index contributed by atoms with van der Waals surface area (Å²) in [6.45, 7) is 3.61. The number of sulfonamides is 1. The van der Waals surface area contributed by atoms with Crippen LogP contribution in [-0.4, -0.2) is 26.9 Å². The highest BCUT2D eigenvalue weighted by Gasteiger charge is 2.31. The lowest BCUT2D eigenvalue weighted by Gasteiger charge is -2.11. The fourth-order valence-corrected chi connectivity index (χ4v) is 3.24. The van der Waals surface area contributed by atoms with E-state index in [4.69, 9.17) is 0 Å². The van der Waals surface area contributed by atoms with Crippen LogP contribution < -0.4 is 20.1 Å². The molecule has 2 amide bonds. The number of hydrogen-bond donors (Lipinski definition) is 3. The molecular weight excluding hydrogens is 411 g/mol. The first-order chi connectivity index (χ1) is 13.4. The molecule has 2 rings (SSSR count). The molecule has 0 fully saturated rings. The molecule has 0 aliphatic heterocycles. The molecule has 0 saturated carbocycles. The Bertz CT molecular complexity index is 928. The Balaban J connectivity index is 1.95. The maximum atomic E-state index is 12.3. The summed E-state index contributed by atoms with van der Waals surface area (Å²) in [5.41, 5.74) is 1.16. The van der Waals surface area contributed by atoms with E-state index in [9.17, 15) is 26.4 Å². The number of alkyl halides is 3. The Morgan fingerprint density at radius 3 is 2.14 bits per heavy atom. The van der Waals surface area contributed by atoms with Crippen LogP contribution >= 0.6 is 0 Å². The number of rotatable bonds is 7. The van der Waals surface area contributed by atoms with Gasteiger partial charge in [0.15, 0.2) is 0 Å². The Morgan fingerprint density at radius 2 is 1.62 bits per heavy atom. The fraction of sp³-hybridized carbons (Fsp3) is 0.278. The van der Waals surface area contributed by atoms with E-state index < -0.39 is 22.1 Å². The summed E-state index contributed by atoms with van der Waals surface area (Å²) in [7, 11) is -3.93. The van der Waals surface area contributed by atoms with Crippen LogP contribution in [0, 0.1) is 0 Å². The molecule has 0 aliphatic carbocycles. The minimum absolute atomic E-state index is 0.0160. The molecule has 2 aromatic rings. The van der Waals surface area contributed by atoms with Crippen molar-refractivity contribution in [1.29, 1.82) is 0 Å². The Morgan fingerprint density at radius 1 is 1.03 bits per heavy atom. The number of anilines is 1. The van der Waals surface area contributed by atoms with Crippen LogP contribution in [0.25, 0.3) is 0 Å². The second-order valence-electron chi connectivity index (χ2n) is 6.29. The van der Waals surface area contributed by atoms with Gasteiger partial charge in [-0.25, -0.2) is 17.9 Å². The number of urea groups is 1. The zero-order valence-electron chi connectivity index (χ0n) is 15.6. The minimum Gasteiger partial charge on any atom is -0.406 e. The van der Waals surface area contributed by atoms with E-state index >= 15 is 0 Å². The van der Waals surface area contributed by atoms with Crippen LogP contribution in [0.1, 0.15) is 19.4 Å². The SMILES string of the molecule is CC(C)NC(=O)Nc1ccc(CNS(=O)(=O)c2ccc(OC(F)(F)F)cc2)cc1. The molecule has 29 heavy (non-hydrogen) atoms. The third kappa shape index (κ3) is 7.62. The smallest absolute Gasteiger partial charge is 0.406 e. The third-order valence-electron chi connectivity index (χ3n) is 3.47. The minimum atomic E-state index is -4.85. The maximum Gasteiger partial charge on any atom is 0.573 e. The van der Waals surface area contributed by atoms with Crippen LogP contribution in [-0.2, 0) is 16.6 Å². The highest BCUT2D eigenvalue weighted by Crippen LogP contribution is 2.24. The van der Waals surface area contributed by atoms with Gasteiger partial charge >= 0.3 is 12.4 Å². The van der Waals surface area contributed by atoms with Gasteiger partial charge in [0.1, 0.15) is 5.75 Å². The topological polar surface area (TPSA) is 96.5 Å². The molecule has 0 spiro atoms. The highest BCUT2D eigenvalue weighted by atomic mass is 32.2. The van der Waals surface area contributed by atoms with Gasteiger partial charge in [-0.2, -0.15) is 0 Å². The molecule has 0 atom stereocenters. The molecule has 0 radical (unpaired) electrons. The van der Waals surface area contributed by atoms with Crippen LogP contribution in [0.4, 0.5) is 23.7 Å². The number of halogens is 3. The van der Waals surface area contributed by atoms with E-state index in [2.05, 4.69) is 20.1 Å². The molecule has 0 heterocycles.